The van der Waals surface area contributed by atoms with E-state index in [2.05, 4.69) is 31.5 Å². The van der Waals surface area contributed by atoms with Gasteiger partial charge in [-0.1, -0.05) is 18.2 Å². The molecule has 0 unspecified atom stereocenters. The van der Waals surface area contributed by atoms with Crippen molar-refractivity contribution >= 4 is 23.1 Å². The Hall–Kier alpha value is -3.98. The highest BCUT2D eigenvalue weighted by molar-refractivity contribution is 6.04. The number of rotatable bonds is 9. The lowest BCUT2D eigenvalue weighted by Gasteiger charge is -2.28. The van der Waals surface area contributed by atoms with Gasteiger partial charge >= 0.3 is 5.97 Å². The summed E-state index contributed by atoms with van der Waals surface area (Å²) >= 11 is 0. The number of aromatic amines is 1. The second-order valence-electron chi connectivity index (χ2n) is 10.2. The van der Waals surface area contributed by atoms with Gasteiger partial charge in [0, 0.05) is 25.7 Å². The predicted octanol–water partition coefficient (Wildman–Crippen LogP) is 4.94. The summed E-state index contributed by atoms with van der Waals surface area (Å²) in [4.78, 5) is 31.8. The fourth-order valence-corrected chi connectivity index (χ4v) is 4.34. The van der Waals surface area contributed by atoms with E-state index in [1.165, 1.54) is 5.57 Å². The van der Waals surface area contributed by atoms with E-state index in [0.717, 1.165) is 43.7 Å². The second kappa shape index (κ2) is 12.0. The number of benzene rings is 1. The number of nitrogens with zero attached hydrogens (tertiary/aromatic N) is 3. The summed E-state index contributed by atoms with van der Waals surface area (Å²) in [5.41, 5.74) is 4.01. The molecular weight excluding hydrogens is 482 g/mol. The van der Waals surface area contributed by atoms with Gasteiger partial charge in [0.15, 0.2) is 0 Å². The fraction of sp³-hybridized carbons (Fsp3) is 0.379. The van der Waals surface area contributed by atoms with Crippen LogP contribution in [0.2, 0.25) is 0 Å². The van der Waals surface area contributed by atoms with E-state index in [0.29, 0.717) is 29.2 Å². The van der Waals surface area contributed by atoms with E-state index in [-0.39, 0.29) is 11.9 Å². The average Bonchev–Trinajstić information content (AvgIpc) is 3.43. The van der Waals surface area contributed by atoms with Gasteiger partial charge in [-0.2, -0.15) is 5.10 Å². The van der Waals surface area contributed by atoms with Crippen LogP contribution in [0.5, 0.6) is 5.75 Å². The third kappa shape index (κ3) is 7.29. The van der Waals surface area contributed by atoms with Gasteiger partial charge in [0.25, 0.3) is 5.91 Å². The van der Waals surface area contributed by atoms with E-state index in [1.54, 1.807) is 31.5 Å². The number of aromatic nitrogens is 3. The SMILES string of the molecule is COc1cc(C2=CCCN(CCCC(=O)OC(C)(C)C)C2)ccc1NC(=O)c1cccc(-c2ccn[nH]2)n1. The monoisotopic (exact) mass is 517 g/mol. The normalized spacial score (nSPS) is 14.1. The molecule has 3 aromatic rings. The number of anilines is 1. The van der Waals surface area contributed by atoms with Gasteiger partial charge in [-0.15, -0.1) is 0 Å². The number of carbonyl (C=O) groups excluding carboxylic acids is 2. The number of H-pyrrole nitrogens is 1. The molecule has 1 aliphatic rings. The van der Waals surface area contributed by atoms with Crippen molar-refractivity contribution in [3.05, 3.63) is 66.0 Å². The minimum absolute atomic E-state index is 0.157. The van der Waals surface area contributed by atoms with E-state index in [4.69, 9.17) is 9.47 Å². The molecule has 0 radical (unpaired) electrons. The molecule has 1 aromatic carbocycles. The third-order valence-electron chi connectivity index (χ3n) is 6.08. The Morgan fingerprint density at radius 3 is 2.74 bits per heavy atom. The van der Waals surface area contributed by atoms with Crippen LogP contribution in [-0.2, 0) is 9.53 Å². The summed E-state index contributed by atoms with van der Waals surface area (Å²) in [7, 11) is 1.59. The highest BCUT2D eigenvalue weighted by Gasteiger charge is 2.19. The molecule has 38 heavy (non-hydrogen) atoms. The zero-order valence-corrected chi connectivity index (χ0v) is 22.4. The Balaban J connectivity index is 1.38. The number of pyridine rings is 1. The fourth-order valence-electron chi connectivity index (χ4n) is 4.34. The molecule has 9 heteroatoms. The van der Waals surface area contributed by atoms with Crippen molar-refractivity contribution in [3.63, 3.8) is 0 Å². The first kappa shape index (κ1) is 27.1. The average molecular weight is 518 g/mol. The lowest BCUT2D eigenvalue weighted by atomic mass is 10.00. The molecule has 0 bridgehead atoms. The largest absolute Gasteiger partial charge is 0.495 e. The van der Waals surface area contributed by atoms with Crippen molar-refractivity contribution in [1.29, 1.82) is 0 Å². The van der Waals surface area contributed by atoms with Gasteiger partial charge in [-0.25, -0.2) is 4.98 Å². The minimum atomic E-state index is -0.455. The Bertz CT molecular complexity index is 1290. The first-order valence-electron chi connectivity index (χ1n) is 12.8. The van der Waals surface area contributed by atoms with Crippen LogP contribution in [-0.4, -0.2) is 64.3 Å². The van der Waals surface area contributed by atoms with E-state index in [1.807, 2.05) is 45.0 Å². The number of esters is 1. The molecule has 0 saturated carbocycles. The summed E-state index contributed by atoms with van der Waals surface area (Å²) in [6.45, 7) is 8.21. The lowest BCUT2D eigenvalue weighted by molar-refractivity contribution is -0.155. The zero-order chi connectivity index (χ0) is 27.1. The first-order valence-corrected chi connectivity index (χ1v) is 12.8. The van der Waals surface area contributed by atoms with Crippen LogP contribution in [0.3, 0.4) is 0 Å². The molecule has 0 spiro atoms. The quantitative estimate of drug-likeness (QED) is 0.387. The van der Waals surface area contributed by atoms with Crippen molar-refractivity contribution in [2.75, 3.05) is 32.1 Å². The van der Waals surface area contributed by atoms with Crippen LogP contribution in [0.4, 0.5) is 5.69 Å². The molecule has 4 rings (SSSR count). The molecule has 1 aliphatic heterocycles. The zero-order valence-electron chi connectivity index (χ0n) is 22.4. The summed E-state index contributed by atoms with van der Waals surface area (Å²) < 4.78 is 11.0. The van der Waals surface area contributed by atoms with E-state index < -0.39 is 5.60 Å². The Labute approximate surface area is 223 Å². The smallest absolute Gasteiger partial charge is 0.306 e. The maximum Gasteiger partial charge on any atom is 0.306 e. The van der Waals surface area contributed by atoms with E-state index >= 15 is 0 Å². The number of amides is 1. The highest BCUT2D eigenvalue weighted by Crippen LogP contribution is 2.31. The first-order chi connectivity index (χ1) is 18.2. The van der Waals surface area contributed by atoms with Crippen molar-refractivity contribution in [2.24, 2.45) is 0 Å². The molecule has 3 heterocycles. The second-order valence-corrected chi connectivity index (χ2v) is 10.2. The van der Waals surface area contributed by atoms with Crippen molar-refractivity contribution in [1.82, 2.24) is 20.1 Å². The van der Waals surface area contributed by atoms with Crippen LogP contribution in [0.15, 0.2) is 54.7 Å². The molecule has 0 atom stereocenters. The Morgan fingerprint density at radius 1 is 1.16 bits per heavy atom. The topological polar surface area (TPSA) is 109 Å². The number of carbonyl (C=O) groups is 2. The van der Waals surface area contributed by atoms with Crippen LogP contribution in [0, 0.1) is 0 Å². The molecule has 0 saturated heterocycles. The van der Waals surface area contributed by atoms with Crippen molar-refractivity contribution < 1.29 is 19.1 Å². The lowest BCUT2D eigenvalue weighted by Crippen LogP contribution is -2.31. The number of nitrogens with one attached hydrogen (secondary N) is 2. The van der Waals surface area contributed by atoms with Gasteiger partial charge in [-0.3, -0.25) is 19.6 Å². The maximum absolute atomic E-state index is 13.0. The van der Waals surface area contributed by atoms with E-state index in [9.17, 15) is 9.59 Å². The number of hydrogen-bond acceptors (Lipinski definition) is 7. The molecular formula is C29H35N5O4. The summed E-state index contributed by atoms with van der Waals surface area (Å²) in [5.74, 6) is 0.0878. The number of ether oxygens (including phenoxy) is 2. The molecule has 2 N–H and O–H groups in total. The summed E-state index contributed by atoms with van der Waals surface area (Å²) in [6, 6.07) is 12.9. The van der Waals surface area contributed by atoms with Crippen LogP contribution in [0.1, 0.15) is 56.1 Å². The van der Waals surface area contributed by atoms with Gasteiger partial charge in [0.05, 0.1) is 24.2 Å². The van der Waals surface area contributed by atoms with Gasteiger partial charge in [0.1, 0.15) is 17.0 Å². The van der Waals surface area contributed by atoms with Gasteiger partial charge in [0.2, 0.25) is 0 Å². The van der Waals surface area contributed by atoms with Crippen molar-refractivity contribution in [3.8, 4) is 17.1 Å². The molecule has 1 amide bonds. The van der Waals surface area contributed by atoms with Crippen LogP contribution < -0.4 is 10.1 Å². The molecule has 0 aliphatic carbocycles. The van der Waals surface area contributed by atoms with Gasteiger partial charge in [-0.05, 0) is 81.6 Å². The Morgan fingerprint density at radius 2 is 2.00 bits per heavy atom. The van der Waals surface area contributed by atoms with Crippen LogP contribution >= 0.6 is 0 Å². The summed E-state index contributed by atoms with van der Waals surface area (Å²) in [6.07, 6.45) is 5.98. The standard InChI is InChI=1S/C29H35N5O4/c1-29(2,3)38-27(35)11-7-17-34-16-6-8-21(19-34)20-12-13-24(26(18-20)37-4)32-28(36)25-10-5-9-22(31-25)23-14-15-30-33-23/h5,8-10,12-15,18H,6-7,11,16-17,19H2,1-4H3,(H,30,33)(H,32,36). The minimum Gasteiger partial charge on any atom is -0.495 e. The molecule has 2 aromatic heterocycles. The predicted molar refractivity (Wildman–Crippen MR) is 147 cm³/mol. The number of methoxy groups -OCH3 is 1. The Kier molecular flexibility index (Phi) is 8.58. The van der Waals surface area contributed by atoms with Crippen LogP contribution in [0.25, 0.3) is 17.0 Å². The van der Waals surface area contributed by atoms with Gasteiger partial charge < -0.3 is 14.8 Å². The molecule has 9 nitrogen and oxygen atoms in total. The molecule has 200 valence electrons. The third-order valence-corrected chi connectivity index (χ3v) is 6.08. The summed E-state index contributed by atoms with van der Waals surface area (Å²) in [5, 5.41) is 9.72. The van der Waals surface area contributed by atoms with Crippen molar-refractivity contribution in [2.45, 2.75) is 45.6 Å². The highest BCUT2D eigenvalue weighted by atomic mass is 16.6. The maximum atomic E-state index is 13.0. The molecule has 0 fully saturated rings. The number of hydrogen-bond donors (Lipinski definition) is 2.